The van der Waals surface area contributed by atoms with Gasteiger partial charge in [-0.25, -0.2) is 4.39 Å². The van der Waals surface area contributed by atoms with Crippen molar-refractivity contribution in [2.45, 2.75) is 6.42 Å². The quantitative estimate of drug-likeness (QED) is 0.600. The predicted molar refractivity (Wildman–Crippen MR) is 62.5 cm³/mol. The Morgan fingerprint density at radius 3 is 3.00 bits per heavy atom. The molecule has 0 aromatic heterocycles. The molecule has 2 rings (SSSR count). The van der Waals surface area contributed by atoms with Crippen molar-refractivity contribution < 1.29 is 23.6 Å². The summed E-state index contributed by atoms with van der Waals surface area (Å²) in [5.74, 6) is -1.23. The van der Waals surface area contributed by atoms with Crippen LogP contribution >= 0.6 is 0 Å². The fraction of sp³-hybridized carbons (Fsp3) is 0.417. The van der Waals surface area contributed by atoms with Crippen LogP contribution in [0.15, 0.2) is 18.2 Å². The Kier molecular flexibility index (Phi) is 4.06. The molecular weight excluding hydrogens is 257 g/mol. The topological polar surface area (TPSA) is 78.7 Å². The van der Waals surface area contributed by atoms with Crippen LogP contribution in [0.5, 0.6) is 5.75 Å². The second-order valence-electron chi connectivity index (χ2n) is 4.18. The van der Waals surface area contributed by atoms with Gasteiger partial charge in [-0.15, -0.1) is 0 Å². The minimum atomic E-state index is -0.748. The van der Waals surface area contributed by atoms with Gasteiger partial charge in [0, 0.05) is 12.5 Å². The maximum atomic E-state index is 12.9. The summed E-state index contributed by atoms with van der Waals surface area (Å²) in [6.07, 6.45) is 0.633. The van der Waals surface area contributed by atoms with Gasteiger partial charge in [-0.05, 0) is 18.6 Å². The summed E-state index contributed by atoms with van der Waals surface area (Å²) in [4.78, 5) is 21.7. The van der Waals surface area contributed by atoms with Gasteiger partial charge in [-0.3, -0.25) is 14.9 Å². The molecule has 19 heavy (non-hydrogen) atoms. The van der Waals surface area contributed by atoms with Crippen molar-refractivity contribution in [2.24, 2.45) is 5.92 Å². The summed E-state index contributed by atoms with van der Waals surface area (Å²) < 4.78 is 23.1. The molecule has 1 aromatic rings. The van der Waals surface area contributed by atoms with Gasteiger partial charge in [-0.1, -0.05) is 0 Å². The van der Waals surface area contributed by atoms with Gasteiger partial charge < -0.3 is 9.47 Å². The number of ketones is 1. The third kappa shape index (κ3) is 3.25. The molecule has 0 N–H and O–H groups in total. The van der Waals surface area contributed by atoms with Crippen molar-refractivity contribution >= 4 is 11.5 Å². The maximum absolute atomic E-state index is 12.9. The van der Waals surface area contributed by atoms with E-state index in [9.17, 15) is 19.3 Å². The molecule has 1 aliphatic heterocycles. The summed E-state index contributed by atoms with van der Waals surface area (Å²) >= 11 is 0. The Morgan fingerprint density at radius 2 is 2.37 bits per heavy atom. The van der Waals surface area contributed by atoms with Gasteiger partial charge in [0.1, 0.15) is 12.4 Å². The first-order valence-electron chi connectivity index (χ1n) is 5.75. The van der Waals surface area contributed by atoms with Crippen LogP contribution < -0.4 is 4.74 Å². The number of ether oxygens (including phenoxy) is 2. The minimum Gasteiger partial charge on any atom is -0.479 e. The van der Waals surface area contributed by atoms with Crippen molar-refractivity contribution in [2.75, 3.05) is 19.8 Å². The number of nitro groups is 1. The molecule has 1 heterocycles. The first-order chi connectivity index (χ1) is 9.08. The Balaban J connectivity index is 2.02. The maximum Gasteiger partial charge on any atom is 0.313 e. The Hall–Kier alpha value is -2.02. The van der Waals surface area contributed by atoms with Crippen LogP contribution in [0.3, 0.4) is 0 Å². The number of nitrogens with zero attached hydrogens (tertiary/aromatic N) is 1. The van der Waals surface area contributed by atoms with Crippen LogP contribution in [0.4, 0.5) is 10.1 Å². The number of hydrogen-bond donors (Lipinski definition) is 0. The van der Waals surface area contributed by atoms with E-state index in [1.807, 2.05) is 0 Å². The van der Waals surface area contributed by atoms with E-state index in [2.05, 4.69) is 0 Å². The zero-order valence-electron chi connectivity index (χ0n) is 10.0. The lowest BCUT2D eigenvalue weighted by atomic mass is 10.0. The molecule has 6 nitrogen and oxygen atoms in total. The van der Waals surface area contributed by atoms with Crippen molar-refractivity contribution in [1.82, 2.24) is 0 Å². The predicted octanol–water partition coefficient (Wildman–Crippen LogP) is 1.72. The van der Waals surface area contributed by atoms with E-state index < -0.39 is 16.4 Å². The summed E-state index contributed by atoms with van der Waals surface area (Å²) in [6.45, 7) is 0.612. The molecule has 0 saturated carbocycles. The smallest absolute Gasteiger partial charge is 0.313 e. The van der Waals surface area contributed by atoms with Crippen molar-refractivity contribution in [1.29, 1.82) is 0 Å². The van der Waals surface area contributed by atoms with Gasteiger partial charge in [0.05, 0.1) is 17.6 Å². The molecule has 0 radical (unpaired) electrons. The van der Waals surface area contributed by atoms with E-state index in [-0.39, 0.29) is 24.1 Å². The molecule has 102 valence electrons. The fourth-order valence-electron chi connectivity index (χ4n) is 1.81. The van der Waals surface area contributed by atoms with Gasteiger partial charge >= 0.3 is 5.69 Å². The lowest BCUT2D eigenvalue weighted by Crippen LogP contribution is -2.21. The molecule has 0 aliphatic carbocycles. The fourth-order valence-corrected chi connectivity index (χ4v) is 1.81. The number of carbonyl (C=O) groups excluding carboxylic acids is 1. The van der Waals surface area contributed by atoms with Gasteiger partial charge in [-0.2, -0.15) is 0 Å². The second kappa shape index (κ2) is 5.75. The third-order valence-electron chi connectivity index (χ3n) is 2.87. The molecule has 1 aromatic carbocycles. The summed E-state index contributed by atoms with van der Waals surface area (Å²) in [5, 5.41) is 10.7. The number of halogens is 1. The van der Waals surface area contributed by atoms with Crippen LogP contribution in [0.1, 0.15) is 6.42 Å². The van der Waals surface area contributed by atoms with E-state index in [4.69, 9.17) is 9.47 Å². The van der Waals surface area contributed by atoms with E-state index >= 15 is 0 Å². The number of Topliss-reactive ketones (excluding diaryl/α,β-unsaturated/α-hetero) is 1. The standard InChI is InChI=1S/C12H12FNO5/c13-9-1-2-12(10(5-9)14(16)17)19-7-11(15)8-3-4-18-6-8/h1-2,5,8H,3-4,6-7H2. The number of nitro benzene ring substituents is 1. The van der Waals surface area contributed by atoms with Crippen LogP contribution in [0.25, 0.3) is 0 Å². The molecule has 1 unspecified atom stereocenters. The largest absolute Gasteiger partial charge is 0.479 e. The summed E-state index contributed by atoms with van der Waals surface area (Å²) in [7, 11) is 0. The summed E-state index contributed by atoms with van der Waals surface area (Å²) in [5.41, 5.74) is -0.490. The lowest BCUT2D eigenvalue weighted by Gasteiger charge is -2.09. The van der Waals surface area contributed by atoms with Crippen molar-refractivity contribution in [3.63, 3.8) is 0 Å². The zero-order valence-corrected chi connectivity index (χ0v) is 10.0. The average Bonchev–Trinajstić information content (AvgIpc) is 2.90. The number of carbonyl (C=O) groups is 1. The molecule has 1 atom stereocenters. The molecule has 1 fully saturated rings. The number of hydrogen-bond acceptors (Lipinski definition) is 5. The zero-order chi connectivity index (χ0) is 13.8. The highest BCUT2D eigenvalue weighted by atomic mass is 19.1. The van der Waals surface area contributed by atoms with E-state index in [0.717, 1.165) is 18.2 Å². The van der Waals surface area contributed by atoms with E-state index in [0.29, 0.717) is 19.6 Å². The first kappa shape index (κ1) is 13.4. The highest BCUT2D eigenvalue weighted by Gasteiger charge is 2.25. The normalized spacial score (nSPS) is 18.3. The Morgan fingerprint density at radius 1 is 1.58 bits per heavy atom. The lowest BCUT2D eigenvalue weighted by molar-refractivity contribution is -0.386. The van der Waals surface area contributed by atoms with Crippen molar-refractivity contribution in [3.05, 3.63) is 34.1 Å². The van der Waals surface area contributed by atoms with Crippen LogP contribution in [-0.2, 0) is 9.53 Å². The van der Waals surface area contributed by atoms with Crippen LogP contribution in [0.2, 0.25) is 0 Å². The highest BCUT2D eigenvalue weighted by molar-refractivity contribution is 5.82. The molecule has 7 heteroatoms. The van der Waals surface area contributed by atoms with E-state index in [1.165, 1.54) is 0 Å². The number of rotatable bonds is 5. The Labute approximate surface area is 108 Å². The first-order valence-corrected chi connectivity index (χ1v) is 5.75. The number of benzene rings is 1. The van der Waals surface area contributed by atoms with Gasteiger partial charge in [0.25, 0.3) is 0 Å². The average molecular weight is 269 g/mol. The minimum absolute atomic E-state index is 0.112. The molecule has 0 spiro atoms. The molecule has 1 aliphatic rings. The van der Waals surface area contributed by atoms with Crippen molar-refractivity contribution in [3.8, 4) is 5.75 Å². The second-order valence-corrected chi connectivity index (χ2v) is 4.18. The monoisotopic (exact) mass is 269 g/mol. The van der Waals surface area contributed by atoms with E-state index in [1.54, 1.807) is 0 Å². The summed E-state index contributed by atoms with van der Waals surface area (Å²) in [6, 6.07) is 2.95. The van der Waals surface area contributed by atoms with Crippen LogP contribution in [0, 0.1) is 21.8 Å². The van der Waals surface area contributed by atoms with Crippen LogP contribution in [-0.4, -0.2) is 30.5 Å². The Bertz CT molecular complexity index is 499. The molecule has 0 bridgehead atoms. The SMILES string of the molecule is O=C(COc1ccc(F)cc1[N+](=O)[O-])C1CCOC1. The van der Waals surface area contributed by atoms with Gasteiger partial charge in [0.15, 0.2) is 11.5 Å². The molecule has 1 saturated heterocycles. The highest BCUT2D eigenvalue weighted by Crippen LogP contribution is 2.27. The molecular formula is C12H12FNO5. The van der Waals surface area contributed by atoms with Gasteiger partial charge in [0.2, 0.25) is 0 Å². The third-order valence-corrected chi connectivity index (χ3v) is 2.87. The molecule has 0 amide bonds.